The van der Waals surface area contributed by atoms with Crippen molar-refractivity contribution < 1.29 is 14.6 Å². The van der Waals surface area contributed by atoms with Gasteiger partial charge in [0.05, 0.1) is 18.8 Å². The van der Waals surface area contributed by atoms with E-state index in [0.717, 1.165) is 38.0 Å². The summed E-state index contributed by atoms with van der Waals surface area (Å²) < 4.78 is 11.3. The Morgan fingerprint density at radius 2 is 2.14 bits per heavy atom. The first-order valence-electron chi connectivity index (χ1n) is 7.88. The van der Waals surface area contributed by atoms with Crippen LogP contribution in [-0.2, 0) is 9.47 Å². The largest absolute Gasteiger partial charge is 0.385 e. The molecule has 2 fully saturated rings. The molecule has 1 aromatic rings. The summed E-state index contributed by atoms with van der Waals surface area (Å²) in [5, 5.41) is 14.8. The van der Waals surface area contributed by atoms with Crippen molar-refractivity contribution in [2.75, 3.05) is 25.6 Å². The molecule has 0 spiro atoms. The first kappa shape index (κ1) is 14.8. The third-order valence-electron chi connectivity index (χ3n) is 4.86. The minimum Gasteiger partial charge on any atom is -0.385 e. The van der Waals surface area contributed by atoms with Gasteiger partial charge < -0.3 is 19.9 Å². The van der Waals surface area contributed by atoms with Crippen molar-refractivity contribution in [2.24, 2.45) is 5.92 Å². The smallest absolute Gasteiger partial charge is 0.111 e. The number of fused-ring (bicyclic) bond motifs is 1. The highest BCUT2D eigenvalue weighted by Gasteiger charge is 2.52. The van der Waals surface area contributed by atoms with Crippen molar-refractivity contribution in [3.8, 4) is 0 Å². The molecule has 1 saturated carbocycles. The van der Waals surface area contributed by atoms with Gasteiger partial charge in [-0.15, -0.1) is 0 Å². The lowest BCUT2D eigenvalue weighted by atomic mass is 9.69. The van der Waals surface area contributed by atoms with Crippen molar-refractivity contribution in [1.82, 2.24) is 0 Å². The first-order valence-corrected chi connectivity index (χ1v) is 7.88. The van der Waals surface area contributed by atoms with Crippen LogP contribution in [0.25, 0.3) is 0 Å². The number of hydrogen-bond acceptors (Lipinski definition) is 4. The van der Waals surface area contributed by atoms with Gasteiger partial charge in [-0.25, -0.2) is 0 Å². The Morgan fingerprint density at radius 3 is 2.90 bits per heavy atom. The summed E-state index contributed by atoms with van der Waals surface area (Å²) in [4.78, 5) is 0. The van der Waals surface area contributed by atoms with Gasteiger partial charge in [0.1, 0.15) is 5.60 Å². The molecular formula is C17H25NO3. The molecule has 0 radical (unpaired) electrons. The average molecular weight is 291 g/mol. The van der Waals surface area contributed by atoms with Crippen LogP contribution in [0.2, 0.25) is 0 Å². The fraction of sp³-hybridized carbons (Fsp3) is 0.647. The Hall–Kier alpha value is -1.10. The second kappa shape index (κ2) is 6.34. The normalized spacial score (nSPS) is 36.0. The van der Waals surface area contributed by atoms with E-state index in [1.807, 2.05) is 30.3 Å². The lowest BCUT2D eigenvalue weighted by Crippen LogP contribution is -2.64. The minimum absolute atomic E-state index is 0.0401. The highest BCUT2D eigenvalue weighted by Crippen LogP contribution is 2.42. The molecule has 21 heavy (non-hydrogen) atoms. The third-order valence-corrected chi connectivity index (χ3v) is 4.86. The fourth-order valence-electron chi connectivity index (χ4n) is 3.87. The molecule has 0 bridgehead atoms. The standard InChI is InChI=1S/C17H25NO3/c1-20-12-13-8-9-15(18-14-6-3-2-4-7-14)17(19)10-5-11-21-16(13)17/h2-4,6-7,13,15-16,18-19H,5,8-12H2,1H3/t13-,15?,16?,17?/m0/s1. The van der Waals surface area contributed by atoms with Crippen LogP contribution < -0.4 is 5.32 Å². The zero-order valence-corrected chi connectivity index (χ0v) is 12.6. The van der Waals surface area contributed by atoms with Crippen molar-refractivity contribution in [3.63, 3.8) is 0 Å². The lowest BCUT2D eigenvalue weighted by molar-refractivity contribution is -0.196. The molecule has 0 amide bonds. The predicted molar refractivity (Wildman–Crippen MR) is 82.4 cm³/mol. The highest BCUT2D eigenvalue weighted by atomic mass is 16.5. The quantitative estimate of drug-likeness (QED) is 0.894. The fourth-order valence-corrected chi connectivity index (χ4v) is 3.87. The molecule has 1 saturated heterocycles. The van der Waals surface area contributed by atoms with E-state index in [-0.39, 0.29) is 18.1 Å². The Bertz CT molecular complexity index is 453. The third kappa shape index (κ3) is 2.93. The molecule has 4 heteroatoms. The van der Waals surface area contributed by atoms with Gasteiger partial charge in [-0.1, -0.05) is 18.2 Å². The van der Waals surface area contributed by atoms with Gasteiger partial charge >= 0.3 is 0 Å². The SMILES string of the molecule is COC[C@@H]1CCC(Nc2ccccc2)C2(O)CCCOC12. The van der Waals surface area contributed by atoms with E-state index in [1.165, 1.54) is 0 Å². The van der Waals surface area contributed by atoms with Crippen molar-refractivity contribution in [3.05, 3.63) is 30.3 Å². The van der Waals surface area contributed by atoms with Crippen LogP contribution in [0, 0.1) is 5.92 Å². The number of anilines is 1. The molecule has 1 heterocycles. The summed E-state index contributed by atoms with van der Waals surface area (Å²) in [7, 11) is 1.72. The molecule has 2 aliphatic rings. The minimum atomic E-state index is -0.796. The number of hydrogen-bond donors (Lipinski definition) is 2. The van der Waals surface area contributed by atoms with E-state index in [4.69, 9.17) is 9.47 Å². The van der Waals surface area contributed by atoms with E-state index >= 15 is 0 Å². The van der Waals surface area contributed by atoms with E-state index in [0.29, 0.717) is 6.61 Å². The summed E-state index contributed by atoms with van der Waals surface area (Å²) in [6, 6.07) is 10.2. The monoisotopic (exact) mass is 291 g/mol. The van der Waals surface area contributed by atoms with Gasteiger partial charge in [0.25, 0.3) is 0 Å². The van der Waals surface area contributed by atoms with Gasteiger partial charge in [0.15, 0.2) is 0 Å². The summed E-state index contributed by atoms with van der Waals surface area (Å²) in [6.07, 6.45) is 3.55. The Labute approximate surface area is 126 Å². The Morgan fingerprint density at radius 1 is 1.33 bits per heavy atom. The van der Waals surface area contributed by atoms with E-state index < -0.39 is 5.60 Å². The molecule has 4 nitrogen and oxygen atoms in total. The lowest BCUT2D eigenvalue weighted by Gasteiger charge is -2.51. The summed E-state index contributed by atoms with van der Waals surface area (Å²) >= 11 is 0. The molecule has 3 unspecified atom stereocenters. The van der Waals surface area contributed by atoms with E-state index in [1.54, 1.807) is 7.11 Å². The zero-order valence-electron chi connectivity index (χ0n) is 12.6. The molecule has 4 atom stereocenters. The molecule has 1 aliphatic carbocycles. The maximum atomic E-state index is 11.3. The second-order valence-electron chi connectivity index (χ2n) is 6.24. The summed E-state index contributed by atoms with van der Waals surface area (Å²) in [5.41, 5.74) is 0.264. The van der Waals surface area contributed by atoms with Crippen molar-refractivity contribution in [1.29, 1.82) is 0 Å². The number of aliphatic hydroxyl groups is 1. The second-order valence-corrected chi connectivity index (χ2v) is 6.24. The van der Waals surface area contributed by atoms with Gasteiger partial charge in [-0.05, 0) is 37.8 Å². The van der Waals surface area contributed by atoms with Crippen LogP contribution in [0.15, 0.2) is 30.3 Å². The maximum absolute atomic E-state index is 11.3. The molecule has 116 valence electrons. The highest BCUT2D eigenvalue weighted by molar-refractivity contribution is 5.44. The average Bonchev–Trinajstić information content (AvgIpc) is 2.51. The Balaban J connectivity index is 1.78. The Kier molecular flexibility index (Phi) is 4.48. The number of para-hydroxylation sites is 1. The van der Waals surface area contributed by atoms with Crippen LogP contribution >= 0.6 is 0 Å². The molecule has 2 N–H and O–H groups in total. The molecule has 1 aliphatic heterocycles. The van der Waals surface area contributed by atoms with Crippen molar-refractivity contribution >= 4 is 5.69 Å². The van der Waals surface area contributed by atoms with Gasteiger partial charge in [0.2, 0.25) is 0 Å². The number of benzene rings is 1. The molecule has 3 rings (SSSR count). The molecule has 0 aromatic heterocycles. The van der Waals surface area contributed by atoms with E-state index in [9.17, 15) is 5.11 Å². The maximum Gasteiger partial charge on any atom is 0.111 e. The number of ether oxygens (including phenoxy) is 2. The summed E-state index contributed by atoms with van der Waals surface area (Å²) in [6.45, 7) is 1.40. The van der Waals surface area contributed by atoms with Gasteiger partial charge in [0, 0.05) is 25.3 Å². The number of nitrogens with one attached hydrogen (secondary N) is 1. The van der Waals surface area contributed by atoms with Crippen LogP contribution in [0.5, 0.6) is 0 Å². The molecular weight excluding hydrogens is 266 g/mol. The zero-order chi connectivity index (χ0) is 14.7. The van der Waals surface area contributed by atoms with Crippen LogP contribution in [0.1, 0.15) is 25.7 Å². The molecule has 1 aromatic carbocycles. The topological polar surface area (TPSA) is 50.7 Å². The van der Waals surface area contributed by atoms with Gasteiger partial charge in [-0.3, -0.25) is 0 Å². The first-order chi connectivity index (χ1) is 10.2. The summed E-state index contributed by atoms with van der Waals surface area (Å²) in [5.74, 6) is 0.286. The van der Waals surface area contributed by atoms with Crippen LogP contribution in [0.4, 0.5) is 5.69 Å². The van der Waals surface area contributed by atoms with Crippen molar-refractivity contribution in [2.45, 2.75) is 43.4 Å². The number of methoxy groups -OCH3 is 1. The van der Waals surface area contributed by atoms with Crippen LogP contribution in [0.3, 0.4) is 0 Å². The predicted octanol–water partition coefficient (Wildman–Crippen LogP) is 2.43. The van der Waals surface area contributed by atoms with Gasteiger partial charge in [-0.2, -0.15) is 0 Å². The van der Waals surface area contributed by atoms with E-state index in [2.05, 4.69) is 5.32 Å². The number of rotatable bonds is 4. The van der Waals surface area contributed by atoms with Crippen LogP contribution in [-0.4, -0.2) is 43.2 Å².